The van der Waals surface area contributed by atoms with E-state index in [4.69, 9.17) is 16.3 Å². The van der Waals surface area contributed by atoms with Gasteiger partial charge in [-0.3, -0.25) is 0 Å². The summed E-state index contributed by atoms with van der Waals surface area (Å²) in [7, 11) is -1.09. The van der Waals surface area contributed by atoms with Crippen LogP contribution in [0.1, 0.15) is 5.56 Å². The number of halogens is 2. The van der Waals surface area contributed by atoms with E-state index in [9.17, 15) is 0 Å². The zero-order valence-electron chi connectivity index (χ0n) is 15.5. The van der Waals surface area contributed by atoms with Crippen molar-refractivity contribution in [3.05, 3.63) is 45.9 Å². The highest BCUT2D eigenvalue weighted by Crippen LogP contribution is 2.33. The molecule has 3 rings (SSSR count). The van der Waals surface area contributed by atoms with E-state index in [0.717, 1.165) is 44.8 Å². The predicted molar refractivity (Wildman–Crippen MR) is 115 cm³/mol. The van der Waals surface area contributed by atoms with Crippen molar-refractivity contribution in [3.63, 3.8) is 0 Å². The Bertz CT molecular complexity index is 936. The number of aryl methyl sites for hydroxylation is 1. The molecule has 0 spiro atoms. The van der Waals surface area contributed by atoms with Gasteiger partial charge in [0.05, 0.1) is 11.2 Å². The summed E-state index contributed by atoms with van der Waals surface area (Å²) in [4.78, 5) is 8.52. The molecule has 0 aliphatic carbocycles. The monoisotopic (exact) mass is 451 g/mol. The summed E-state index contributed by atoms with van der Waals surface area (Å²) in [6.07, 6.45) is 3.86. The Morgan fingerprint density at radius 1 is 1.27 bits per heavy atom. The normalized spacial score (nSPS) is 12.1. The van der Waals surface area contributed by atoms with E-state index < -0.39 is 8.07 Å². The Hall–Kier alpha value is -1.21. The molecule has 0 unspecified atom stereocenters. The maximum atomic E-state index is 6.04. The first-order valence-corrected chi connectivity index (χ1v) is 13.5. The molecular weight excluding hydrogens is 430 g/mol. The van der Waals surface area contributed by atoms with E-state index in [1.165, 1.54) is 0 Å². The van der Waals surface area contributed by atoms with Crippen molar-refractivity contribution in [3.8, 4) is 11.3 Å². The van der Waals surface area contributed by atoms with Crippen LogP contribution in [0, 0.1) is 6.92 Å². The molecule has 0 N–H and O–H groups in total. The molecule has 0 radical (unpaired) electrons. The van der Waals surface area contributed by atoms with Gasteiger partial charge in [-0.05, 0) is 42.3 Å². The Labute approximate surface area is 168 Å². The molecule has 0 aliphatic rings. The lowest BCUT2D eigenvalue weighted by Gasteiger charge is -2.15. The highest BCUT2D eigenvalue weighted by atomic mass is 79.9. The molecule has 1 aromatic carbocycles. The molecule has 2 aromatic heterocycles. The minimum absolute atomic E-state index is 0.259. The topological polar surface area (TPSA) is 39.9 Å². The van der Waals surface area contributed by atoms with E-state index in [0.29, 0.717) is 6.73 Å². The summed E-state index contributed by atoms with van der Waals surface area (Å²) in [6.45, 7) is 10.4. The van der Waals surface area contributed by atoms with Crippen molar-refractivity contribution < 1.29 is 4.74 Å². The van der Waals surface area contributed by atoms with Crippen LogP contribution < -0.4 is 0 Å². The molecule has 0 amide bonds. The van der Waals surface area contributed by atoms with Crippen molar-refractivity contribution in [2.45, 2.75) is 39.3 Å². The largest absolute Gasteiger partial charge is 0.361 e. The van der Waals surface area contributed by atoms with Crippen LogP contribution in [0.3, 0.4) is 0 Å². The van der Waals surface area contributed by atoms with Crippen molar-refractivity contribution in [2.24, 2.45) is 0 Å². The van der Waals surface area contributed by atoms with Gasteiger partial charge in [0.2, 0.25) is 5.28 Å². The molecule has 138 valence electrons. The predicted octanol–water partition coefficient (Wildman–Crippen LogP) is 6.13. The lowest BCUT2D eigenvalue weighted by Crippen LogP contribution is -2.21. The van der Waals surface area contributed by atoms with Crippen LogP contribution in [-0.4, -0.2) is 29.2 Å². The standard InChI is InChI=1S/C19H23BrClN3OSi/c1-13-10-22-19(21)23-18(13)16-11-24(12-25-7-8-26(2,3)4)17-9-14(20)5-6-15(16)17/h5-6,9-11H,7-8,12H2,1-4H3. The number of nitrogens with zero attached hydrogens (tertiary/aromatic N) is 3. The number of ether oxygens (including phenoxy) is 1. The molecule has 0 fully saturated rings. The number of aromatic nitrogens is 3. The number of hydrogen-bond acceptors (Lipinski definition) is 3. The average molecular weight is 453 g/mol. The summed E-state index contributed by atoms with van der Waals surface area (Å²) in [5, 5.41) is 1.38. The first-order valence-electron chi connectivity index (χ1n) is 8.60. The molecule has 4 nitrogen and oxygen atoms in total. The van der Waals surface area contributed by atoms with E-state index in [1.54, 1.807) is 6.20 Å². The second-order valence-corrected chi connectivity index (χ2v) is 14.6. The Morgan fingerprint density at radius 3 is 2.77 bits per heavy atom. The van der Waals surface area contributed by atoms with Crippen molar-refractivity contribution in [1.82, 2.24) is 14.5 Å². The molecule has 0 atom stereocenters. The molecule has 0 bridgehead atoms. The summed E-state index contributed by atoms with van der Waals surface area (Å²) in [5.74, 6) is 0. The van der Waals surface area contributed by atoms with Crippen LogP contribution in [0.5, 0.6) is 0 Å². The lowest BCUT2D eigenvalue weighted by molar-refractivity contribution is 0.0903. The van der Waals surface area contributed by atoms with Crippen LogP contribution in [0.15, 0.2) is 35.1 Å². The van der Waals surface area contributed by atoms with Crippen LogP contribution in [0.2, 0.25) is 31.0 Å². The number of hydrogen-bond donors (Lipinski definition) is 0. The van der Waals surface area contributed by atoms with Crippen LogP contribution in [0.4, 0.5) is 0 Å². The minimum Gasteiger partial charge on any atom is -0.361 e. The average Bonchev–Trinajstić information content (AvgIpc) is 2.91. The maximum absolute atomic E-state index is 6.04. The van der Waals surface area contributed by atoms with Crippen molar-refractivity contribution in [1.29, 1.82) is 0 Å². The van der Waals surface area contributed by atoms with Gasteiger partial charge < -0.3 is 9.30 Å². The highest BCUT2D eigenvalue weighted by Gasteiger charge is 2.16. The molecule has 7 heteroatoms. The molecule has 2 heterocycles. The number of benzene rings is 1. The molecule has 3 aromatic rings. The molecular formula is C19H23BrClN3OSi. The first-order chi connectivity index (χ1) is 12.2. The Morgan fingerprint density at radius 2 is 2.04 bits per heavy atom. The van der Waals surface area contributed by atoms with Gasteiger partial charge in [-0.25, -0.2) is 9.97 Å². The second-order valence-electron chi connectivity index (χ2n) is 7.69. The van der Waals surface area contributed by atoms with Crippen molar-refractivity contribution in [2.75, 3.05) is 6.61 Å². The first kappa shape index (κ1) is 19.5. The van der Waals surface area contributed by atoms with Gasteiger partial charge in [0.25, 0.3) is 0 Å². The summed E-state index contributed by atoms with van der Waals surface area (Å²) < 4.78 is 9.14. The van der Waals surface area contributed by atoms with Gasteiger partial charge in [-0.2, -0.15) is 0 Å². The van der Waals surface area contributed by atoms with Gasteiger partial charge in [0, 0.05) is 42.5 Å². The smallest absolute Gasteiger partial charge is 0.222 e. The van der Waals surface area contributed by atoms with E-state index in [1.807, 2.05) is 13.0 Å². The van der Waals surface area contributed by atoms with Crippen molar-refractivity contribution >= 4 is 46.5 Å². The third-order valence-corrected chi connectivity index (χ3v) is 6.65. The fourth-order valence-electron chi connectivity index (χ4n) is 2.80. The maximum Gasteiger partial charge on any atom is 0.222 e. The lowest BCUT2D eigenvalue weighted by atomic mass is 10.1. The Balaban J connectivity index is 1.97. The highest BCUT2D eigenvalue weighted by molar-refractivity contribution is 9.10. The Kier molecular flexibility index (Phi) is 5.87. The van der Waals surface area contributed by atoms with Crippen LogP contribution >= 0.6 is 27.5 Å². The zero-order chi connectivity index (χ0) is 18.9. The number of rotatable bonds is 6. The van der Waals surface area contributed by atoms with Crippen LogP contribution in [-0.2, 0) is 11.5 Å². The molecule has 26 heavy (non-hydrogen) atoms. The quantitative estimate of drug-likeness (QED) is 0.256. The second kappa shape index (κ2) is 7.80. The fraction of sp³-hybridized carbons (Fsp3) is 0.368. The molecule has 0 saturated heterocycles. The summed E-state index contributed by atoms with van der Waals surface area (Å²) >= 11 is 9.61. The van der Waals surface area contributed by atoms with Gasteiger partial charge in [-0.15, -0.1) is 0 Å². The van der Waals surface area contributed by atoms with Gasteiger partial charge in [0.15, 0.2) is 0 Å². The SMILES string of the molecule is Cc1cnc(Cl)nc1-c1cn(COCC[Si](C)(C)C)c2cc(Br)ccc12. The third-order valence-electron chi connectivity index (χ3n) is 4.27. The third kappa shape index (κ3) is 4.54. The van der Waals surface area contributed by atoms with E-state index in [-0.39, 0.29) is 5.28 Å². The molecule has 0 aliphatic heterocycles. The van der Waals surface area contributed by atoms with E-state index >= 15 is 0 Å². The fourth-order valence-corrected chi connectivity index (χ4v) is 4.03. The van der Waals surface area contributed by atoms with E-state index in [2.05, 4.69) is 68.4 Å². The summed E-state index contributed by atoms with van der Waals surface area (Å²) in [5.41, 5.74) is 4.01. The van der Waals surface area contributed by atoms with Gasteiger partial charge >= 0.3 is 0 Å². The van der Waals surface area contributed by atoms with Crippen LogP contribution in [0.25, 0.3) is 22.2 Å². The van der Waals surface area contributed by atoms with Gasteiger partial charge in [-0.1, -0.05) is 41.6 Å². The molecule has 0 saturated carbocycles. The zero-order valence-corrected chi connectivity index (χ0v) is 18.9. The number of fused-ring (bicyclic) bond motifs is 1. The summed E-state index contributed by atoms with van der Waals surface area (Å²) in [6, 6.07) is 7.41. The minimum atomic E-state index is -1.09. The van der Waals surface area contributed by atoms with Gasteiger partial charge in [0.1, 0.15) is 6.73 Å².